The van der Waals surface area contributed by atoms with E-state index in [-0.39, 0.29) is 0 Å². The van der Waals surface area contributed by atoms with Crippen molar-refractivity contribution in [1.82, 2.24) is 10.3 Å². The van der Waals surface area contributed by atoms with Gasteiger partial charge in [0.2, 0.25) is 0 Å². The number of hydrogen-bond donors (Lipinski definition) is 1. The van der Waals surface area contributed by atoms with Gasteiger partial charge in [0, 0.05) is 17.0 Å². The summed E-state index contributed by atoms with van der Waals surface area (Å²) in [4.78, 5) is 5.97. The lowest BCUT2D eigenvalue weighted by Gasteiger charge is -2.26. The van der Waals surface area contributed by atoms with Crippen molar-refractivity contribution in [3.05, 3.63) is 15.6 Å². The Morgan fingerprint density at radius 1 is 1.35 bits per heavy atom. The predicted molar refractivity (Wildman–Crippen MR) is 72.4 cm³/mol. The third-order valence-electron chi connectivity index (χ3n) is 4.38. The molecule has 1 aromatic rings. The molecule has 17 heavy (non-hydrogen) atoms. The van der Waals surface area contributed by atoms with Crippen molar-refractivity contribution in [2.75, 3.05) is 0 Å². The van der Waals surface area contributed by atoms with Crippen LogP contribution < -0.4 is 5.32 Å². The topological polar surface area (TPSA) is 24.9 Å². The lowest BCUT2D eigenvalue weighted by molar-refractivity contribution is 0.330. The van der Waals surface area contributed by atoms with Crippen molar-refractivity contribution in [3.8, 4) is 0 Å². The molecule has 0 saturated heterocycles. The van der Waals surface area contributed by atoms with Crippen LogP contribution in [0.2, 0.25) is 0 Å². The molecule has 4 atom stereocenters. The van der Waals surface area contributed by atoms with Crippen LogP contribution in [0.25, 0.3) is 0 Å². The number of rotatable bonds is 3. The molecule has 0 spiro atoms. The first-order valence-electron chi connectivity index (χ1n) is 6.85. The average Bonchev–Trinajstić information content (AvgIpc) is 2.99. The summed E-state index contributed by atoms with van der Waals surface area (Å²) in [6.45, 7) is 6.54. The molecule has 2 aliphatic carbocycles. The van der Waals surface area contributed by atoms with Crippen molar-refractivity contribution in [2.45, 2.75) is 58.5 Å². The monoisotopic (exact) mass is 250 g/mol. The van der Waals surface area contributed by atoms with Crippen LogP contribution in [-0.2, 0) is 0 Å². The van der Waals surface area contributed by atoms with E-state index in [1.807, 2.05) is 11.3 Å². The Kier molecular flexibility index (Phi) is 2.99. The van der Waals surface area contributed by atoms with Gasteiger partial charge < -0.3 is 5.32 Å². The minimum atomic E-state index is 0.477. The van der Waals surface area contributed by atoms with E-state index in [9.17, 15) is 0 Å². The second-order valence-electron chi connectivity index (χ2n) is 5.77. The van der Waals surface area contributed by atoms with Crippen molar-refractivity contribution in [3.63, 3.8) is 0 Å². The van der Waals surface area contributed by atoms with Crippen LogP contribution in [0.3, 0.4) is 0 Å². The summed E-state index contributed by atoms with van der Waals surface area (Å²) in [5.41, 5.74) is 1.22. The van der Waals surface area contributed by atoms with Crippen molar-refractivity contribution >= 4 is 11.3 Å². The molecule has 2 saturated carbocycles. The zero-order chi connectivity index (χ0) is 12.0. The van der Waals surface area contributed by atoms with E-state index in [0.29, 0.717) is 6.04 Å². The summed E-state index contributed by atoms with van der Waals surface area (Å²) in [7, 11) is 0. The minimum absolute atomic E-state index is 0.477. The molecule has 94 valence electrons. The molecular formula is C14H22N2S. The van der Waals surface area contributed by atoms with Gasteiger partial charge >= 0.3 is 0 Å². The Hall–Kier alpha value is -0.410. The van der Waals surface area contributed by atoms with Gasteiger partial charge in [-0.05, 0) is 45.4 Å². The van der Waals surface area contributed by atoms with Crippen LogP contribution in [-0.4, -0.2) is 11.0 Å². The maximum absolute atomic E-state index is 4.53. The van der Waals surface area contributed by atoms with E-state index >= 15 is 0 Å². The Labute approximate surface area is 108 Å². The van der Waals surface area contributed by atoms with Crippen LogP contribution in [0.15, 0.2) is 0 Å². The van der Waals surface area contributed by atoms with Gasteiger partial charge in [0.1, 0.15) is 0 Å². The number of thiazole rings is 1. The molecule has 3 rings (SSSR count). The molecule has 2 fully saturated rings. The summed E-state index contributed by atoms with van der Waals surface area (Å²) >= 11 is 1.85. The zero-order valence-corrected chi connectivity index (χ0v) is 11.8. The molecule has 3 heteroatoms. The predicted octanol–water partition coefficient (Wildman–Crippen LogP) is 3.60. The zero-order valence-electron chi connectivity index (χ0n) is 11.0. The summed E-state index contributed by atoms with van der Waals surface area (Å²) in [6.07, 6.45) is 5.76. The minimum Gasteiger partial charge on any atom is -0.306 e. The SMILES string of the molecule is Cc1nc(C)c(C(C)NC2CCC[C@H]3C[C@@H]23)s1. The molecule has 2 nitrogen and oxygen atoms in total. The van der Waals surface area contributed by atoms with Crippen LogP contribution in [0, 0.1) is 25.7 Å². The van der Waals surface area contributed by atoms with Crippen LogP contribution >= 0.6 is 11.3 Å². The number of fused-ring (bicyclic) bond motifs is 1. The maximum atomic E-state index is 4.53. The quantitative estimate of drug-likeness (QED) is 0.886. The van der Waals surface area contributed by atoms with Crippen LogP contribution in [0.4, 0.5) is 0 Å². The van der Waals surface area contributed by atoms with E-state index in [1.54, 1.807) is 0 Å². The van der Waals surface area contributed by atoms with E-state index < -0.39 is 0 Å². The van der Waals surface area contributed by atoms with E-state index in [1.165, 1.54) is 41.3 Å². The largest absolute Gasteiger partial charge is 0.306 e. The smallest absolute Gasteiger partial charge is 0.0900 e. The third-order valence-corrected chi connectivity index (χ3v) is 5.64. The number of nitrogens with one attached hydrogen (secondary N) is 1. The highest BCUT2D eigenvalue weighted by atomic mass is 32.1. The molecule has 2 unspecified atom stereocenters. The molecule has 1 heterocycles. The highest BCUT2D eigenvalue weighted by molar-refractivity contribution is 7.11. The number of nitrogens with zero attached hydrogens (tertiary/aromatic N) is 1. The molecule has 0 aromatic carbocycles. The van der Waals surface area contributed by atoms with E-state index in [0.717, 1.165) is 17.9 Å². The first-order chi connectivity index (χ1) is 8.15. The number of aromatic nitrogens is 1. The fourth-order valence-corrected chi connectivity index (χ4v) is 4.40. The lowest BCUT2D eigenvalue weighted by Crippen LogP contribution is -2.35. The average molecular weight is 250 g/mol. The molecule has 1 N–H and O–H groups in total. The Morgan fingerprint density at radius 2 is 2.18 bits per heavy atom. The summed E-state index contributed by atoms with van der Waals surface area (Å²) in [6, 6.07) is 1.25. The summed E-state index contributed by atoms with van der Waals surface area (Å²) in [5, 5.41) is 5.04. The lowest BCUT2D eigenvalue weighted by atomic mass is 9.95. The van der Waals surface area contributed by atoms with Gasteiger partial charge in [-0.3, -0.25) is 0 Å². The standard InChI is InChI=1S/C14H22N2S/c1-8-14(17-10(3)15-8)9(2)16-13-6-4-5-11-7-12(11)13/h9,11-13,16H,4-7H2,1-3H3/t9?,11-,12+,13?/m0/s1. The van der Waals surface area contributed by atoms with Crippen LogP contribution in [0.5, 0.6) is 0 Å². The van der Waals surface area contributed by atoms with E-state index in [2.05, 4.69) is 31.1 Å². The van der Waals surface area contributed by atoms with Crippen molar-refractivity contribution in [1.29, 1.82) is 0 Å². The fraction of sp³-hybridized carbons (Fsp3) is 0.786. The highest BCUT2D eigenvalue weighted by Gasteiger charge is 2.45. The molecule has 0 amide bonds. The van der Waals surface area contributed by atoms with E-state index in [4.69, 9.17) is 0 Å². The summed E-state index contributed by atoms with van der Waals surface area (Å²) in [5.74, 6) is 2.04. The maximum Gasteiger partial charge on any atom is 0.0900 e. The van der Waals surface area contributed by atoms with Crippen molar-refractivity contribution in [2.24, 2.45) is 11.8 Å². The molecule has 2 aliphatic rings. The second kappa shape index (κ2) is 4.36. The van der Waals surface area contributed by atoms with Gasteiger partial charge in [0.15, 0.2) is 0 Å². The molecule has 1 aromatic heterocycles. The fourth-order valence-electron chi connectivity index (χ4n) is 3.46. The second-order valence-corrected chi connectivity index (χ2v) is 7.00. The highest BCUT2D eigenvalue weighted by Crippen LogP contribution is 2.50. The van der Waals surface area contributed by atoms with Crippen molar-refractivity contribution < 1.29 is 0 Å². The summed E-state index contributed by atoms with van der Waals surface area (Å²) < 4.78 is 0. The van der Waals surface area contributed by atoms with Gasteiger partial charge in [-0.1, -0.05) is 12.8 Å². The first kappa shape index (κ1) is 11.7. The molecule has 0 bridgehead atoms. The van der Waals surface area contributed by atoms with Gasteiger partial charge in [0.25, 0.3) is 0 Å². The van der Waals surface area contributed by atoms with Gasteiger partial charge in [0.05, 0.1) is 10.7 Å². The first-order valence-corrected chi connectivity index (χ1v) is 7.66. The normalized spacial score (nSPS) is 33.2. The van der Waals surface area contributed by atoms with Gasteiger partial charge in [-0.2, -0.15) is 0 Å². The number of hydrogen-bond acceptors (Lipinski definition) is 3. The van der Waals surface area contributed by atoms with Crippen LogP contribution in [0.1, 0.15) is 54.2 Å². The van der Waals surface area contributed by atoms with Gasteiger partial charge in [-0.15, -0.1) is 11.3 Å². The Bertz CT molecular complexity index is 412. The third kappa shape index (κ3) is 2.27. The molecular weight excluding hydrogens is 228 g/mol. The molecule has 0 aliphatic heterocycles. The Balaban J connectivity index is 1.66. The Morgan fingerprint density at radius 3 is 2.88 bits per heavy atom. The van der Waals surface area contributed by atoms with Gasteiger partial charge in [-0.25, -0.2) is 4.98 Å². The molecule has 0 radical (unpaired) electrons. The number of aryl methyl sites for hydroxylation is 2.